The maximum Gasteiger partial charge on any atom is 0.191 e. The lowest BCUT2D eigenvalue weighted by atomic mass is 10.1. The molecule has 2 rings (SSSR count). The number of ketones is 1. The number of para-hydroxylation sites is 1. The smallest absolute Gasteiger partial charge is 0.191 e. The number of carbonyl (C=O) groups excluding carboxylic acids is 1. The Morgan fingerprint density at radius 3 is 2.57 bits per heavy atom. The minimum absolute atomic E-state index is 0.150. The van der Waals surface area contributed by atoms with Gasteiger partial charge in [0.05, 0.1) is 19.3 Å². The highest BCUT2D eigenvalue weighted by Gasteiger charge is 2.07. The van der Waals surface area contributed by atoms with Crippen molar-refractivity contribution in [3.05, 3.63) is 78.0 Å². The van der Waals surface area contributed by atoms with E-state index in [2.05, 4.69) is 5.48 Å². The molecule has 2 aromatic carbocycles. The second kappa shape index (κ2) is 7.87. The van der Waals surface area contributed by atoms with Crippen molar-refractivity contribution < 1.29 is 14.4 Å². The van der Waals surface area contributed by atoms with Crippen LogP contribution in [0.25, 0.3) is 0 Å². The Hall–Kier alpha value is -2.59. The zero-order valence-corrected chi connectivity index (χ0v) is 11.8. The summed E-state index contributed by atoms with van der Waals surface area (Å²) in [5.74, 6) is 0.403. The molecule has 0 spiro atoms. The van der Waals surface area contributed by atoms with Crippen LogP contribution >= 0.6 is 0 Å². The van der Waals surface area contributed by atoms with Crippen LogP contribution in [0.2, 0.25) is 0 Å². The first-order valence-electron chi connectivity index (χ1n) is 6.56. The van der Waals surface area contributed by atoms with Gasteiger partial charge in [-0.2, -0.15) is 0 Å². The van der Waals surface area contributed by atoms with Crippen LogP contribution in [0.15, 0.2) is 66.9 Å². The number of hydrogen-bond donors (Lipinski definition) is 1. The first-order valence-corrected chi connectivity index (χ1v) is 6.56. The van der Waals surface area contributed by atoms with Crippen LogP contribution in [0, 0.1) is 0 Å². The van der Waals surface area contributed by atoms with Gasteiger partial charge in [-0.1, -0.05) is 42.5 Å². The first kappa shape index (κ1) is 14.8. The van der Waals surface area contributed by atoms with Crippen LogP contribution in [0.3, 0.4) is 0 Å². The summed E-state index contributed by atoms with van der Waals surface area (Å²) < 4.78 is 5.15. The molecule has 4 nitrogen and oxygen atoms in total. The van der Waals surface area contributed by atoms with Crippen LogP contribution in [-0.4, -0.2) is 12.9 Å². The van der Waals surface area contributed by atoms with Gasteiger partial charge >= 0.3 is 0 Å². The molecule has 0 aliphatic rings. The Labute approximate surface area is 124 Å². The summed E-state index contributed by atoms with van der Waals surface area (Å²) in [4.78, 5) is 17.2. The van der Waals surface area contributed by atoms with E-state index in [9.17, 15) is 4.79 Å². The van der Waals surface area contributed by atoms with Gasteiger partial charge in [0.1, 0.15) is 5.75 Å². The molecular weight excluding hydrogens is 266 g/mol. The topological polar surface area (TPSA) is 47.6 Å². The third-order valence-electron chi connectivity index (χ3n) is 2.84. The van der Waals surface area contributed by atoms with Crippen LogP contribution < -0.4 is 10.2 Å². The predicted molar refractivity (Wildman–Crippen MR) is 80.8 cm³/mol. The molecule has 4 heteroatoms. The summed E-state index contributed by atoms with van der Waals surface area (Å²) in [5, 5.41) is 0. The summed E-state index contributed by atoms with van der Waals surface area (Å²) in [6, 6.07) is 16.8. The fraction of sp³-hybridized carbons (Fsp3) is 0.118. The number of carbonyl (C=O) groups is 1. The number of benzene rings is 2. The lowest BCUT2D eigenvalue weighted by Crippen LogP contribution is -2.07. The van der Waals surface area contributed by atoms with Gasteiger partial charge in [0.15, 0.2) is 5.78 Å². The summed E-state index contributed by atoms with van der Waals surface area (Å²) in [5.41, 5.74) is 4.20. The third kappa shape index (κ3) is 4.47. The number of hydrogen-bond acceptors (Lipinski definition) is 4. The average molecular weight is 283 g/mol. The van der Waals surface area contributed by atoms with Crippen molar-refractivity contribution in [1.29, 1.82) is 0 Å². The van der Waals surface area contributed by atoms with Crippen molar-refractivity contribution in [2.45, 2.75) is 6.61 Å². The molecule has 0 bridgehead atoms. The Morgan fingerprint density at radius 2 is 1.81 bits per heavy atom. The highest BCUT2D eigenvalue weighted by molar-refractivity contribution is 6.06. The molecule has 108 valence electrons. The quantitative estimate of drug-likeness (QED) is 0.367. The van der Waals surface area contributed by atoms with E-state index in [1.807, 2.05) is 36.4 Å². The van der Waals surface area contributed by atoms with Crippen LogP contribution in [0.4, 0.5) is 0 Å². The molecular formula is C17H17NO3. The van der Waals surface area contributed by atoms with Gasteiger partial charge in [-0.3, -0.25) is 15.1 Å². The number of methoxy groups -OCH3 is 1. The van der Waals surface area contributed by atoms with E-state index in [0.717, 1.165) is 5.56 Å². The number of rotatable bonds is 7. The zero-order valence-electron chi connectivity index (χ0n) is 11.8. The molecule has 0 saturated heterocycles. The molecule has 0 amide bonds. The van der Waals surface area contributed by atoms with E-state index in [-0.39, 0.29) is 5.78 Å². The van der Waals surface area contributed by atoms with E-state index < -0.39 is 0 Å². The monoisotopic (exact) mass is 283 g/mol. The van der Waals surface area contributed by atoms with Crippen LogP contribution in [0.5, 0.6) is 5.75 Å². The van der Waals surface area contributed by atoms with Crippen molar-refractivity contribution >= 4 is 5.78 Å². The summed E-state index contributed by atoms with van der Waals surface area (Å²) in [6.45, 7) is 0.425. The van der Waals surface area contributed by atoms with Gasteiger partial charge in [-0.15, -0.1) is 0 Å². The zero-order chi connectivity index (χ0) is 14.9. The SMILES string of the molecule is COc1ccccc1C(=O)C=CNOCc1ccccc1. The standard InChI is InChI=1S/C17H17NO3/c1-20-17-10-6-5-9-15(17)16(19)11-12-18-21-13-14-7-3-2-4-8-14/h2-12,18H,13H2,1H3. The van der Waals surface area contributed by atoms with E-state index in [1.165, 1.54) is 19.4 Å². The molecule has 0 aliphatic heterocycles. The predicted octanol–water partition coefficient (Wildman–Crippen LogP) is 3.11. The number of ether oxygens (including phenoxy) is 1. The Bertz CT molecular complexity index is 608. The van der Waals surface area contributed by atoms with Gasteiger partial charge in [0, 0.05) is 12.3 Å². The van der Waals surface area contributed by atoms with E-state index in [1.54, 1.807) is 18.2 Å². The first-order chi connectivity index (χ1) is 10.3. The maximum atomic E-state index is 12.0. The van der Waals surface area contributed by atoms with Gasteiger partial charge in [0.25, 0.3) is 0 Å². The normalized spacial score (nSPS) is 10.5. The second-order valence-corrected chi connectivity index (χ2v) is 4.29. The van der Waals surface area contributed by atoms with Crippen molar-refractivity contribution in [1.82, 2.24) is 5.48 Å². The molecule has 0 saturated carbocycles. The lowest BCUT2D eigenvalue weighted by molar-refractivity contribution is 0.0572. The molecule has 0 aliphatic carbocycles. The molecule has 0 radical (unpaired) electrons. The molecule has 0 unspecified atom stereocenters. The second-order valence-electron chi connectivity index (χ2n) is 4.29. The van der Waals surface area contributed by atoms with E-state index in [4.69, 9.17) is 9.57 Å². The fourth-order valence-electron chi connectivity index (χ4n) is 1.80. The van der Waals surface area contributed by atoms with Crippen molar-refractivity contribution in [2.75, 3.05) is 7.11 Å². The van der Waals surface area contributed by atoms with Crippen molar-refractivity contribution in [3.63, 3.8) is 0 Å². The Balaban J connectivity index is 1.83. The highest BCUT2D eigenvalue weighted by Crippen LogP contribution is 2.17. The summed E-state index contributed by atoms with van der Waals surface area (Å²) >= 11 is 0. The van der Waals surface area contributed by atoms with E-state index >= 15 is 0 Å². The van der Waals surface area contributed by atoms with Gasteiger partial charge in [0.2, 0.25) is 0 Å². The molecule has 0 atom stereocenters. The van der Waals surface area contributed by atoms with Crippen LogP contribution in [-0.2, 0) is 11.4 Å². The molecule has 0 aromatic heterocycles. The molecule has 2 aromatic rings. The average Bonchev–Trinajstić information content (AvgIpc) is 2.55. The van der Waals surface area contributed by atoms with Gasteiger partial charge in [-0.25, -0.2) is 0 Å². The minimum Gasteiger partial charge on any atom is -0.496 e. The highest BCUT2D eigenvalue weighted by atomic mass is 16.6. The van der Waals surface area contributed by atoms with E-state index in [0.29, 0.717) is 17.9 Å². The largest absolute Gasteiger partial charge is 0.496 e. The summed E-state index contributed by atoms with van der Waals surface area (Å²) in [7, 11) is 1.54. The third-order valence-corrected chi connectivity index (χ3v) is 2.84. The Kier molecular flexibility index (Phi) is 5.55. The summed E-state index contributed by atoms with van der Waals surface area (Å²) in [6.07, 6.45) is 2.88. The van der Waals surface area contributed by atoms with Gasteiger partial charge < -0.3 is 4.74 Å². The maximum absolute atomic E-state index is 12.0. The molecule has 0 fully saturated rings. The lowest BCUT2D eigenvalue weighted by Gasteiger charge is -2.05. The van der Waals surface area contributed by atoms with Crippen molar-refractivity contribution in [2.24, 2.45) is 0 Å². The molecule has 0 heterocycles. The number of nitrogens with one attached hydrogen (secondary N) is 1. The molecule has 21 heavy (non-hydrogen) atoms. The number of allylic oxidation sites excluding steroid dienone is 1. The number of hydroxylamine groups is 1. The molecule has 1 N–H and O–H groups in total. The van der Waals surface area contributed by atoms with Crippen LogP contribution in [0.1, 0.15) is 15.9 Å². The Morgan fingerprint density at radius 1 is 1.10 bits per heavy atom. The van der Waals surface area contributed by atoms with Gasteiger partial charge in [-0.05, 0) is 17.7 Å². The van der Waals surface area contributed by atoms with Crippen molar-refractivity contribution in [3.8, 4) is 5.75 Å². The minimum atomic E-state index is -0.150. The fourth-order valence-corrected chi connectivity index (χ4v) is 1.80.